The molecule has 1 amide bonds. The van der Waals surface area contributed by atoms with E-state index in [1.165, 1.54) is 12.8 Å². The molecule has 1 aliphatic carbocycles. The lowest BCUT2D eigenvalue weighted by atomic mass is 9.94. The van der Waals surface area contributed by atoms with Gasteiger partial charge < -0.3 is 4.90 Å². The van der Waals surface area contributed by atoms with E-state index < -0.39 is 0 Å². The molecule has 1 aromatic carbocycles. The van der Waals surface area contributed by atoms with Crippen LogP contribution in [0.25, 0.3) is 0 Å². The summed E-state index contributed by atoms with van der Waals surface area (Å²) in [6.07, 6.45) is 5.58. The molecule has 0 radical (unpaired) electrons. The molecule has 3 heteroatoms. The number of alkyl halides is 1. The van der Waals surface area contributed by atoms with Gasteiger partial charge in [-0.1, -0.05) is 50.1 Å². The van der Waals surface area contributed by atoms with Crippen LogP contribution >= 0.6 is 11.6 Å². The second-order valence-electron chi connectivity index (χ2n) is 5.53. The zero-order valence-electron chi connectivity index (χ0n) is 12.2. The Labute approximate surface area is 127 Å². The zero-order chi connectivity index (χ0) is 14.4. The molecular formula is C17H24ClNO. The van der Waals surface area contributed by atoms with Gasteiger partial charge in [-0.25, -0.2) is 0 Å². The monoisotopic (exact) mass is 293 g/mol. The van der Waals surface area contributed by atoms with Gasteiger partial charge in [0.2, 0.25) is 5.91 Å². The summed E-state index contributed by atoms with van der Waals surface area (Å²) in [5, 5.41) is 0. The minimum atomic E-state index is -0.0278. The van der Waals surface area contributed by atoms with E-state index in [0.717, 1.165) is 24.8 Å². The second-order valence-corrected chi connectivity index (χ2v) is 5.91. The standard InChI is InChI=1S/C17H24ClNO/c1-2-16(14-8-4-3-5-9-14)17(20)19(13-12-18)15-10-6-7-11-15/h3-5,8-9,15-16H,2,6-7,10-13H2,1H3. The number of rotatable bonds is 6. The van der Waals surface area contributed by atoms with Crippen LogP contribution in [0.4, 0.5) is 0 Å². The maximum absolute atomic E-state index is 12.9. The quantitative estimate of drug-likeness (QED) is 0.720. The molecule has 20 heavy (non-hydrogen) atoms. The molecule has 1 fully saturated rings. The lowest BCUT2D eigenvalue weighted by Crippen LogP contribution is -2.42. The van der Waals surface area contributed by atoms with Crippen LogP contribution < -0.4 is 0 Å². The first-order chi connectivity index (χ1) is 9.77. The number of carbonyl (C=O) groups excluding carboxylic acids is 1. The summed E-state index contributed by atoms with van der Waals surface area (Å²) < 4.78 is 0. The highest BCUT2D eigenvalue weighted by atomic mass is 35.5. The van der Waals surface area contributed by atoms with Crippen molar-refractivity contribution in [3.8, 4) is 0 Å². The Bertz CT molecular complexity index is 414. The van der Waals surface area contributed by atoms with Gasteiger partial charge in [-0.05, 0) is 24.8 Å². The molecule has 0 heterocycles. The van der Waals surface area contributed by atoms with E-state index in [9.17, 15) is 4.79 Å². The molecule has 1 aliphatic rings. The van der Waals surface area contributed by atoms with E-state index >= 15 is 0 Å². The van der Waals surface area contributed by atoms with Crippen LogP contribution in [-0.4, -0.2) is 29.3 Å². The zero-order valence-corrected chi connectivity index (χ0v) is 13.0. The minimum absolute atomic E-state index is 0.0278. The average molecular weight is 294 g/mol. The first-order valence-electron chi connectivity index (χ1n) is 7.69. The summed E-state index contributed by atoms with van der Waals surface area (Å²) in [4.78, 5) is 15.0. The predicted octanol–water partition coefficient (Wildman–Crippen LogP) is 4.19. The molecule has 1 unspecified atom stereocenters. The summed E-state index contributed by atoms with van der Waals surface area (Å²) in [7, 11) is 0. The van der Waals surface area contributed by atoms with Crippen molar-refractivity contribution in [3.63, 3.8) is 0 Å². The fourth-order valence-corrected chi connectivity index (χ4v) is 3.40. The number of carbonyl (C=O) groups is 1. The smallest absolute Gasteiger partial charge is 0.230 e. The van der Waals surface area contributed by atoms with E-state index in [0.29, 0.717) is 18.5 Å². The van der Waals surface area contributed by atoms with Crippen LogP contribution in [0.15, 0.2) is 30.3 Å². The molecular weight excluding hydrogens is 270 g/mol. The van der Waals surface area contributed by atoms with Gasteiger partial charge in [-0.3, -0.25) is 4.79 Å². The van der Waals surface area contributed by atoms with E-state index in [-0.39, 0.29) is 11.8 Å². The van der Waals surface area contributed by atoms with Crippen molar-refractivity contribution in [3.05, 3.63) is 35.9 Å². The van der Waals surface area contributed by atoms with Crippen LogP contribution in [0.3, 0.4) is 0 Å². The highest BCUT2D eigenvalue weighted by molar-refractivity contribution is 6.18. The van der Waals surface area contributed by atoms with Crippen LogP contribution in [0.5, 0.6) is 0 Å². The van der Waals surface area contributed by atoms with E-state index in [1.807, 2.05) is 23.1 Å². The summed E-state index contributed by atoms with van der Waals surface area (Å²) in [5.74, 6) is 0.749. The number of hydrogen-bond acceptors (Lipinski definition) is 1. The maximum Gasteiger partial charge on any atom is 0.230 e. The van der Waals surface area contributed by atoms with E-state index in [4.69, 9.17) is 11.6 Å². The summed E-state index contributed by atoms with van der Waals surface area (Å²) in [5.41, 5.74) is 1.12. The topological polar surface area (TPSA) is 20.3 Å². The van der Waals surface area contributed by atoms with Crippen LogP contribution in [0.1, 0.15) is 50.5 Å². The van der Waals surface area contributed by atoms with Gasteiger partial charge in [0.1, 0.15) is 0 Å². The number of amides is 1. The van der Waals surface area contributed by atoms with Gasteiger partial charge in [0.05, 0.1) is 5.92 Å². The Balaban J connectivity index is 2.16. The molecule has 110 valence electrons. The molecule has 0 aliphatic heterocycles. The largest absolute Gasteiger partial charge is 0.338 e. The minimum Gasteiger partial charge on any atom is -0.338 e. The second kappa shape index (κ2) is 7.68. The normalized spacial score (nSPS) is 17.1. The van der Waals surface area contributed by atoms with E-state index in [2.05, 4.69) is 19.1 Å². The van der Waals surface area contributed by atoms with Crippen molar-refractivity contribution < 1.29 is 4.79 Å². The van der Waals surface area contributed by atoms with Crippen molar-refractivity contribution in [2.75, 3.05) is 12.4 Å². The first kappa shape index (κ1) is 15.4. The van der Waals surface area contributed by atoms with Gasteiger partial charge in [0.25, 0.3) is 0 Å². The third-order valence-electron chi connectivity index (χ3n) is 4.28. The SMILES string of the molecule is CCC(C(=O)N(CCCl)C1CCCC1)c1ccccc1. The summed E-state index contributed by atoms with van der Waals surface area (Å²) >= 11 is 5.92. The van der Waals surface area contributed by atoms with Gasteiger partial charge in [0.15, 0.2) is 0 Å². The highest BCUT2D eigenvalue weighted by Gasteiger charge is 2.30. The summed E-state index contributed by atoms with van der Waals surface area (Å²) in [6.45, 7) is 2.76. The Morgan fingerprint density at radius 3 is 2.50 bits per heavy atom. The Hall–Kier alpha value is -1.02. The van der Waals surface area contributed by atoms with Crippen molar-refractivity contribution in [2.45, 2.75) is 51.0 Å². The Morgan fingerprint density at radius 2 is 1.95 bits per heavy atom. The number of halogens is 1. The third kappa shape index (κ3) is 3.54. The number of benzene rings is 1. The first-order valence-corrected chi connectivity index (χ1v) is 8.22. The molecule has 2 rings (SSSR count). The molecule has 0 aromatic heterocycles. The van der Waals surface area contributed by atoms with Gasteiger partial charge >= 0.3 is 0 Å². The molecule has 0 saturated heterocycles. The molecule has 0 N–H and O–H groups in total. The predicted molar refractivity (Wildman–Crippen MR) is 84.2 cm³/mol. The Morgan fingerprint density at radius 1 is 1.30 bits per heavy atom. The van der Waals surface area contributed by atoms with Crippen LogP contribution in [0, 0.1) is 0 Å². The number of nitrogens with zero attached hydrogens (tertiary/aromatic N) is 1. The van der Waals surface area contributed by atoms with Crippen molar-refractivity contribution in [2.24, 2.45) is 0 Å². The molecule has 1 aromatic rings. The molecule has 1 atom stereocenters. The Kier molecular flexibility index (Phi) is 5.90. The average Bonchev–Trinajstić information content (AvgIpc) is 3.00. The molecule has 0 spiro atoms. The molecule has 1 saturated carbocycles. The van der Waals surface area contributed by atoms with Gasteiger partial charge in [-0.2, -0.15) is 0 Å². The van der Waals surface area contributed by atoms with Crippen molar-refractivity contribution in [1.29, 1.82) is 0 Å². The summed E-state index contributed by atoms with van der Waals surface area (Å²) in [6, 6.07) is 10.5. The van der Waals surface area contributed by atoms with Crippen molar-refractivity contribution >= 4 is 17.5 Å². The van der Waals surface area contributed by atoms with Crippen LogP contribution in [0.2, 0.25) is 0 Å². The third-order valence-corrected chi connectivity index (χ3v) is 4.45. The fraction of sp³-hybridized carbons (Fsp3) is 0.588. The van der Waals surface area contributed by atoms with E-state index in [1.54, 1.807) is 0 Å². The van der Waals surface area contributed by atoms with Gasteiger partial charge in [-0.15, -0.1) is 11.6 Å². The van der Waals surface area contributed by atoms with Crippen molar-refractivity contribution in [1.82, 2.24) is 4.90 Å². The molecule has 0 bridgehead atoms. The fourth-order valence-electron chi connectivity index (χ4n) is 3.22. The van der Waals surface area contributed by atoms with Crippen LogP contribution in [-0.2, 0) is 4.79 Å². The maximum atomic E-state index is 12.9. The highest BCUT2D eigenvalue weighted by Crippen LogP contribution is 2.28. The van der Waals surface area contributed by atoms with Gasteiger partial charge in [0, 0.05) is 18.5 Å². The lowest BCUT2D eigenvalue weighted by Gasteiger charge is -2.32. The lowest BCUT2D eigenvalue weighted by molar-refractivity contribution is -0.134. The molecule has 2 nitrogen and oxygen atoms in total. The number of hydrogen-bond donors (Lipinski definition) is 0.